The van der Waals surface area contributed by atoms with Crippen LogP contribution < -0.4 is 0 Å². The summed E-state index contributed by atoms with van der Waals surface area (Å²) in [7, 11) is 0. The van der Waals surface area contributed by atoms with Crippen molar-refractivity contribution < 1.29 is 4.79 Å². The molecule has 0 fully saturated rings. The van der Waals surface area contributed by atoms with Gasteiger partial charge in [-0.05, 0) is 21.9 Å². The maximum atomic E-state index is 11.4. The van der Waals surface area contributed by atoms with E-state index in [1.165, 1.54) is 0 Å². The Bertz CT molecular complexity index is 699. The van der Waals surface area contributed by atoms with Crippen molar-refractivity contribution in [2.45, 2.75) is 0 Å². The molecule has 0 bridgehead atoms. The zero-order valence-corrected chi connectivity index (χ0v) is 9.84. The van der Waals surface area contributed by atoms with Crippen LogP contribution in [-0.4, -0.2) is 6.29 Å². The van der Waals surface area contributed by atoms with Gasteiger partial charge in [0.2, 0.25) is 0 Å². The van der Waals surface area contributed by atoms with Crippen molar-refractivity contribution in [2.24, 2.45) is 0 Å². The molecule has 0 atom stereocenters. The third kappa shape index (κ3) is 1.70. The number of aldehydes is 1. The quantitative estimate of drug-likeness (QED) is 0.601. The van der Waals surface area contributed by atoms with Gasteiger partial charge in [0.25, 0.3) is 0 Å². The Kier molecular flexibility index (Phi) is 2.66. The smallest absolute Gasteiger partial charge is 0.151 e. The molecule has 0 aliphatic carbocycles. The summed E-state index contributed by atoms with van der Waals surface area (Å²) in [5, 5.41) is 2.10. The Morgan fingerprint density at radius 2 is 1.44 bits per heavy atom. The molecule has 1 heteroatoms. The third-order valence-corrected chi connectivity index (χ3v) is 3.17. The standard InChI is InChI=1S/C17H12O/c18-12-17-15-9-5-4-8-14(15)10-11-16(17)13-6-2-1-3-7-13/h1-12H. The number of hydrogen-bond donors (Lipinski definition) is 0. The average Bonchev–Trinajstić information content (AvgIpc) is 2.47. The molecule has 0 unspecified atom stereocenters. The zero-order valence-electron chi connectivity index (χ0n) is 9.84. The molecule has 3 aromatic carbocycles. The number of hydrogen-bond acceptors (Lipinski definition) is 1. The van der Waals surface area contributed by atoms with Crippen LogP contribution in [0.3, 0.4) is 0 Å². The van der Waals surface area contributed by atoms with Crippen LogP contribution >= 0.6 is 0 Å². The minimum atomic E-state index is 0.763. The van der Waals surface area contributed by atoms with E-state index < -0.39 is 0 Å². The van der Waals surface area contributed by atoms with Crippen LogP contribution in [0.1, 0.15) is 10.4 Å². The Labute approximate surface area is 106 Å². The van der Waals surface area contributed by atoms with Gasteiger partial charge in [-0.15, -0.1) is 0 Å². The maximum Gasteiger partial charge on any atom is 0.151 e. The molecule has 0 aliphatic heterocycles. The molecule has 0 amide bonds. The fourth-order valence-corrected chi connectivity index (χ4v) is 2.29. The second-order valence-corrected chi connectivity index (χ2v) is 4.23. The first-order chi connectivity index (χ1) is 8.90. The lowest BCUT2D eigenvalue weighted by Crippen LogP contribution is -1.89. The summed E-state index contributed by atoms with van der Waals surface area (Å²) in [5.41, 5.74) is 2.83. The van der Waals surface area contributed by atoms with E-state index in [0.29, 0.717) is 0 Å². The predicted octanol–water partition coefficient (Wildman–Crippen LogP) is 4.32. The van der Waals surface area contributed by atoms with Crippen molar-refractivity contribution in [3.05, 3.63) is 72.3 Å². The number of rotatable bonds is 2. The van der Waals surface area contributed by atoms with Crippen LogP contribution in [0.4, 0.5) is 0 Å². The predicted molar refractivity (Wildman–Crippen MR) is 74.8 cm³/mol. The van der Waals surface area contributed by atoms with Crippen molar-refractivity contribution in [1.82, 2.24) is 0 Å². The van der Waals surface area contributed by atoms with E-state index in [-0.39, 0.29) is 0 Å². The molecule has 18 heavy (non-hydrogen) atoms. The molecule has 0 heterocycles. The van der Waals surface area contributed by atoms with Crippen LogP contribution in [0.15, 0.2) is 66.7 Å². The van der Waals surface area contributed by atoms with E-state index in [4.69, 9.17) is 0 Å². The van der Waals surface area contributed by atoms with Crippen LogP contribution in [0.5, 0.6) is 0 Å². The minimum Gasteiger partial charge on any atom is -0.298 e. The lowest BCUT2D eigenvalue weighted by Gasteiger charge is -2.08. The van der Waals surface area contributed by atoms with E-state index in [1.54, 1.807) is 0 Å². The average molecular weight is 232 g/mol. The molecule has 3 rings (SSSR count). The molecule has 3 aromatic rings. The van der Waals surface area contributed by atoms with Gasteiger partial charge in [-0.2, -0.15) is 0 Å². The summed E-state index contributed by atoms with van der Waals surface area (Å²) in [5.74, 6) is 0. The largest absolute Gasteiger partial charge is 0.298 e. The molecule has 0 saturated carbocycles. The van der Waals surface area contributed by atoms with Crippen molar-refractivity contribution >= 4 is 17.1 Å². The fraction of sp³-hybridized carbons (Fsp3) is 0. The first kappa shape index (κ1) is 10.7. The Morgan fingerprint density at radius 3 is 2.22 bits per heavy atom. The van der Waals surface area contributed by atoms with E-state index >= 15 is 0 Å². The number of benzene rings is 3. The molecule has 0 spiro atoms. The van der Waals surface area contributed by atoms with E-state index in [0.717, 1.165) is 33.7 Å². The highest BCUT2D eigenvalue weighted by atomic mass is 16.1. The Balaban J connectivity index is 2.34. The second-order valence-electron chi connectivity index (χ2n) is 4.23. The number of carbonyl (C=O) groups excluding carboxylic acids is 1. The minimum absolute atomic E-state index is 0.763. The van der Waals surface area contributed by atoms with Gasteiger partial charge in [0.1, 0.15) is 0 Å². The van der Waals surface area contributed by atoms with Gasteiger partial charge in [-0.3, -0.25) is 4.79 Å². The van der Waals surface area contributed by atoms with Gasteiger partial charge < -0.3 is 0 Å². The summed E-state index contributed by atoms with van der Waals surface area (Å²) < 4.78 is 0. The highest BCUT2D eigenvalue weighted by Crippen LogP contribution is 2.28. The topological polar surface area (TPSA) is 17.1 Å². The van der Waals surface area contributed by atoms with Gasteiger partial charge in [0.05, 0.1) is 0 Å². The van der Waals surface area contributed by atoms with Gasteiger partial charge >= 0.3 is 0 Å². The number of carbonyl (C=O) groups is 1. The van der Waals surface area contributed by atoms with Gasteiger partial charge in [-0.1, -0.05) is 66.7 Å². The first-order valence-electron chi connectivity index (χ1n) is 5.92. The Hall–Kier alpha value is -2.41. The second kappa shape index (κ2) is 4.46. The normalized spacial score (nSPS) is 10.4. The van der Waals surface area contributed by atoms with Gasteiger partial charge in [-0.25, -0.2) is 0 Å². The van der Waals surface area contributed by atoms with Crippen LogP contribution in [0.25, 0.3) is 21.9 Å². The summed E-state index contributed by atoms with van der Waals surface area (Å²) >= 11 is 0. The van der Waals surface area contributed by atoms with Crippen LogP contribution in [0, 0.1) is 0 Å². The van der Waals surface area contributed by atoms with E-state index in [2.05, 4.69) is 6.07 Å². The van der Waals surface area contributed by atoms with E-state index in [9.17, 15) is 4.79 Å². The summed E-state index contributed by atoms with van der Waals surface area (Å²) in [6.07, 6.45) is 0.949. The summed E-state index contributed by atoms with van der Waals surface area (Å²) in [4.78, 5) is 11.4. The molecule has 0 aliphatic rings. The maximum absolute atomic E-state index is 11.4. The van der Waals surface area contributed by atoms with Crippen molar-refractivity contribution in [3.8, 4) is 11.1 Å². The van der Waals surface area contributed by atoms with Gasteiger partial charge in [0.15, 0.2) is 6.29 Å². The molecule has 0 radical (unpaired) electrons. The van der Waals surface area contributed by atoms with Crippen molar-refractivity contribution in [1.29, 1.82) is 0 Å². The summed E-state index contributed by atoms with van der Waals surface area (Å²) in [6.45, 7) is 0. The molecule has 0 saturated heterocycles. The molecule has 0 aromatic heterocycles. The highest BCUT2D eigenvalue weighted by Gasteiger charge is 2.07. The molecule has 86 valence electrons. The lowest BCUT2D eigenvalue weighted by molar-refractivity contribution is 0.112. The molecular weight excluding hydrogens is 220 g/mol. The SMILES string of the molecule is O=Cc1c(-c2ccccc2)ccc2ccccc12. The molecule has 0 N–H and O–H groups in total. The number of fused-ring (bicyclic) bond motifs is 1. The van der Waals surface area contributed by atoms with Gasteiger partial charge in [0, 0.05) is 5.56 Å². The Morgan fingerprint density at radius 1 is 0.722 bits per heavy atom. The summed E-state index contributed by atoms with van der Waals surface area (Å²) in [6, 6.07) is 22.0. The fourth-order valence-electron chi connectivity index (χ4n) is 2.29. The third-order valence-electron chi connectivity index (χ3n) is 3.17. The van der Waals surface area contributed by atoms with E-state index in [1.807, 2.05) is 60.7 Å². The lowest BCUT2D eigenvalue weighted by atomic mass is 9.95. The van der Waals surface area contributed by atoms with Crippen LogP contribution in [0.2, 0.25) is 0 Å². The monoisotopic (exact) mass is 232 g/mol. The van der Waals surface area contributed by atoms with Crippen molar-refractivity contribution in [3.63, 3.8) is 0 Å². The molecule has 1 nitrogen and oxygen atoms in total. The first-order valence-corrected chi connectivity index (χ1v) is 5.92. The van der Waals surface area contributed by atoms with Crippen molar-refractivity contribution in [2.75, 3.05) is 0 Å². The van der Waals surface area contributed by atoms with Crippen LogP contribution in [-0.2, 0) is 0 Å². The molecular formula is C17H12O. The zero-order chi connectivity index (χ0) is 12.4. The highest BCUT2D eigenvalue weighted by molar-refractivity contribution is 6.04.